The van der Waals surface area contributed by atoms with E-state index in [1.165, 1.54) is 20.7 Å². The van der Waals surface area contributed by atoms with Crippen LogP contribution in [0.3, 0.4) is 0 Å². The van der Waals surface area contributed by atoms with Crippen LogP contribution in [0, 0.1) is 0 Å². The highest BCUT2D eigenvalue weighted by atomic mass is 28.3. The molecule has 0 amide bonds. The molecule has 0 fully saturated rings. The molecule has 0 aliphatic rings. The topological polar surface area (TPSA) is 4.93 Å². The Balaban J connectivity index is 1.52. The fourth-order valence-corrected chi connectivity index (χ4v) is 10.6. The van der Waals surface area contributed by atoms with Crippen molar-refractivity contribution in [3.05, 3.63) is 164 Å². The molecule has 0 saturated heterocycles. The van der Waals surface area contributed by atoms with Crippen LogP contribution in [-0.4, -0.2) is 12.6 Å². The molecule has 0 aliphatic carbocycles. The molecular weight excluding hydrogens is 474 g/mol. The van der Waals surface area contributed by atoms with Gasteiger partial charge in [0, 0.05) is 16.5 Å². The van der Waals surface area contributed by atoms with Gasteiger partial charge >= 0.3 is 0 Å². The van der Waals surface area contributed by atoms with Gasteiger partial charge in [-0.05, 0) is 45.0 Å². The van der Waals surface area contributed by atoms with Crippen LogP contribution >= 0.6 is 0 Å². The van der Waals surface area contributed by atoms with Crippen molar-refractivity contribution in [2.24, 2.45) is 0 Å². The molecule has 1 heterocycles. The maximum absolute atomic E-state index is 8.82. The van der Waals surface area contributed by atoms with Gasteiger partial charge in [-0.1, -0.05) is 139 Å². The second kappa shape index (κ2) is 9.33. The minimum atomic E-state index is -2.68. The third-order valence-electron chi connectivity index (χ3n) is 7.48. The normalized spacial score (nSPS) is 13.2. The van der Waals surface area contributed by atoms with Gasteiger partial charge in [0.15, 0.2) is 8.07 Å². The van der Waals surface area contributed by atoms with Crippen LogP contribution < -0.4 is 20.7 Å². The van der Waals surface area contributed by atoms with Crippen molar-refractivity contribution in [3.63, 3.8) is 0 Å². The number of benzene rings is 6. The number of para-hydroxylation sites is 2. The number of hydrogen-bond donors (Lipinski definition) is 0. The largest absolute Gasteiger partial charge is 0.309 e. The van der Waals surface area contributed by atoms with Crippen LogP contribution in [0.2, 0.25) is 0 Å². The van der Waals surface area contributed by atoms with E-state index in [2.05, 4.69) is 115 Å². The van der Waals surface area contributed by atoms with Crippen LogP contribution in [0.1, 0.15) is 5.48 Å². The lowest BCUT2D eigenvalue weighted by Gasteiger charge is -2.34. The van der Waals surface area contributed by atoms with E-state index in [1.807, 2.05) is 28.8 Å². The number of aromatic nitrogens is 1. The standard InChI is InChI=1S/C36H27NSi/c1-4-14-29(15-5-1)38(30-16-6-2-7-17-30,31-18-8-3-9-19-31)32-26-24-28(25-27-32)37-35-22-12-10-20-33(35)34-21-11-13-23-36(34)37/h1-27H/i10D,12D,20D,22D. The first-order valence-electron chi connectivity index (χ1n) is 14.8. The molecule has 7 rings (SSSR count). The average molecular weight is 506 g/mol. The number of rotatable bonds is 5. The Kier molecular flexibility index (Phi) is 4.56. The molecule has 0 N–H and O–H groups in total. The molecule has 0 unspecified atom stereocenters. The van der Waals surface area contributed by atoms with Gasteiger partial charge in [-0.2, -0.15) is 0 Å². The second-order valence-corrected chi connectivity index (χ2v) is 13.3. The Morgan fingerprint density at radius 1 is 0.421 bits per heavy atom. The Hall–Kier alpha value is -4.66. The average Bonchev–Trinajstić information content (AvgIpc) is 3.40. The highest BCUT2D eigenvalue weighted by molar-refractivity contribution is 7.19. The molecule has 0 atom stereocenters. The van der Waals surface area contributed by atoms with E-state index >= 15 is 0 Å². The first-order valence-corrected chi connectivity index (χ1v) is 14.8. The summed E-state index contributed by atoms with van der Waals surface area (Å²) in [4.78, 5) is 0. The van der Waals surface area contributed by atoms with Crippen molar-refractivity contribution in [1.29, 1.82) is 0 Å². The number of nitrogens with zero attached hydrogens (tertiary/aromatic N) is 1. The maximum Gasteiger partial charge on any atom is 0.179 e. The lowest BCUT2D eigenvalue weighted by atomic mass is 10.2. The van der Waals surface area contributed by atoms with E-state index in [1.54, 1.807) is 0 Å². The minimum absolute atomic E-state index is 0.0128. The zero-order chi connectivity index (χ0) is 28.8. The Morgan fingerprint density at radius 3 is 1.47 bits per heavy atom. The van der Waals surface area contributed by atoms with Gasteiger partial charge in [-0.3, -0.25) is 0 Å². The molecule has 38 heavy (non-hydrogen) atoms. The molecule has 180 valence electrons. The molecule has 0 radical (unpaired) electrons. The van der Waals surface area contributed by atoms with E-state index in [0.29, 0.717) is 10.9 Å². The fourth-order valence-electron chi connectivity index (χ4n) is 5.86. The Labute approximate surface area is 229 Å². The van der Waals surface area contributed by atoms with Gasteiger partial charge in [0.1, 0.15) is 0 Å². The van der Waals surface area contributed by atoms with Gasteiger partial charge in [0.2, 0.25) is 0 Å². The van der Waals surface area contributed by atoms with Crippen molar-refractivity contribution in [3.8, 4) is 5.69 Å². The molecule has 1 nitrogen and oxygen atoms in total. The lowest BCUT2D eigenvalue weighted by Crippen LogP contribution is -2.74. The van der Waals surface area contributed by atoms with Crippen LogP contribution in [0.4, 0.5) is 0 Å². The summed E-state index contributed by atoms with van der Waals surface area (Å²) in [5.74, 6) is 0. The summed E-state index contributed by atoms with van der Waals surface area (Å²) in [6.45, 7) is 0. The van der Waals surface area contributed by atoms with Crippen molar-refractivity contribution in [2.45, 2.75) is 0 Å². The first-order chi connectivity index (χ1) is 20.5. The summed E-state index contributed by atoms with van der Waals surface area (Å²) in [7, 11) is -2.68. The van der Waals surface area contributed by atoms with E-state index in [9.17, 15) is 0 Å². The Morgan fingerprint density at radius 2 is 0.895 bits per heavy atom. The predicted octanol–water partition coefficient (Wildman–Crippen LogP) is 6.16. The molecule has 0 bridgehead atoms. The SMILES string of the molecule is [2H]c1c([2H])c([2H])c2c(c1[2H])c1ccccc1n2-c1ccc([Si](c2ccccc2)(c2ccccc2)c2ccccc2)cc1. The third-order valence-corrected chi connectivity index (χ3v) is 12.3. The highest BCUT2D eigenvalue weighted by Gasteiger charge is 2.41. The fraction of sp³-hybridized carbons (Fsp3) is 0. The highest BCUT2D eigenvalue weighted by Crippen LogP contribution is 2.31. The van der Waals surface area contributed by atoms with Gasteiger partial charge < -0.3 is 4.57 Å². The van der Waals surface area contributed by atoms with Crippen molar-refractivity contribution in [2.75, 3.05) is 0 Å². The number of hydrogen-bond acceptors (Lipinski definition) is 0. The van der Waals surface area contributed by atoms with Crippen molar-refractivity contribution >= 4 is 50.6 Å². The molecule has 0 saturated carbocycles. The van der Waals surface area contributed by atoms with Crippen LogP contribution in [-0.2, 0) is 0 Å². The summed E-state index contributed by atoms with van der Waals surface area (Å²) in [6.07, 6.45) is 0. The predicted molar refractivity (Wildman–Crippen MR) is 164 cm³/mol. The molecule has 6 aromatic carbocycles. The second-order valence-electron chi connectivity index (χ2n) is 9.47. The Bertz CT molecular complexity index is 1960. The summed E-state index contributed by atoms with van der Waals surface area (Å²) in [5, 5.41) is 6.47. The van der Waals surface area contributed by atoms with Gasteiger partial charge in [-0.15, -0.1) is 0 Å². The van der Waals surface area contributed by atoms with Crippen molar-refractivity contribution < 1.29 is 5.48 Å². The van der Waals surface area contributed by atoms with Gasteiger partial charge in [-0.25, -0.2) is 0 Å². The summed E-state index contributed by atoms with van der Waals surface area (Å²) < 4.78 is 36.2. The van der Waals surface area contributed by atoms with Crippen LogP contribution in [0.25, 0.3) is 27.5 Å². The van der Waals surface area contributed by atoms with E-state index in [4.69, 9.17) is 5.48 Å². The minimum Gasteiger partial charge on any atom is -0.309 e. The summed E-state index contributed by atoms with van der Waals surface area (Å²) in [6, 6.07) is 48.2. The molecule has 1 aromatic heterocycles. The van der Waals surface area contributed by atoms with Gasteiger partial charge in [0.25, 0.3) is 0 Å². The first kappa shape index (κ1) is 18.6. The zero-order valence-corrected chi connectivity index (χ0v) is 21.7. The molecule has 0 aliphatic heterocycles. The monoisotopic (exact) mass is 505 g/mol. The summed E-state index contributed by atoms with van der Waals surface area (Å²) >= 11 is 0. The lowest BCUT2D eigenvalue weighted by molar-refractivity contribution is 1.18. The van der Waals surface area contributed by atoms with Crippen LogP contribution in [0.5, 0.6) is 0 Å². The third kappa shape index (κ3) is 3.46. The number of fused-ring (bicyclic) bond motifs is 3. The van der Waals surface area contributed by atoms with Crippen LogP contribution in [0.15, 0.2) is 164 Å². The molecule has 0 spiro atoms. The van der Waals surface area contributed by atoms with E-state index in [-0.39, 0.29) is 24.2 Å². The van der Waals surface area contributed by atoms with Crippen molar-refractivity contribution in [1.82, 2.24) is 4.57 Å². The zero-order valence-electron chi connectivity index (χ0n) is 24.7. The smallest absolute Gasteiger partial charge is 0.179 e. The van der Waals surface area contributed by atoms with Gasteiger partial charge in [0.05, 0.1) is 16.5 Å². The quantitative estimate of drug-likeness (QED) is 0.195. The van der Waals surface area contributed by atoms with E-state index < -0.39 is 8.07 Å². The molecular formula is C36H27NSi. The molecule has 7 aromatic rings. The summed E-state index contributed by atoms with van der Waals surface area (Å²) in [5.41, 5.74) is 2.20. The van der Waals surface area contributed by atoms with E-state index in [0.717, 1.165) is 16.6 Å². The molecule has 2 heteroatoms. The maximum atomic E-state index is 8.82.